The van der Waals surface area contributed by atoms with E-state index in [-0.39, 0.29) is 24.1 Å². The van der Waals surface area contributed by atoms with E-state index in [1.807, 2.05) is 62.4 Å². The second-order valence-corrected chi connectivity index (χ2v) is 13.2. The standard InChI is InChI=1S/C38H49N3O5/c1-9-28-14-12-15-30(23-28)34(35(43)39-32-16-11-10-13-26(32)4)41(27(5)18-17-25(2)3)36(44)33(40-37(45)46-38(6,7)8)24-29-19-21-31(42)22-20-29/h9-16,19-23,25,27,33-34,42H,1,17-18,24H2,2-8H3,(H,39,43)(H,40,45). The van der Waals surface area contributed by atoms with E-state index in [1.165, 1.54) is 12.1 Å². The fourth-order valence-electron chi connectivity index (χ4n) is 5.22. The minimum atomic E-state index is -1.07. The van der Waals surface area contributed by atoms with Gasteiger partial charge in [0.1, 0.15) is 23.4 Å². The lowest BCUT2D eigenvalue weighted by molar-refractivity contribution is -0.143. The van der Waals surface area contributed by atoms with Gasteiger partial charge in [-0.3, -0.25) is 9.59 Å². The number of amides is 3. The number of nitrogens with one attached hydrogen (secondary N) is 2. The van der Waals surface area contributed by atoms with Crippen LogP contribution < -0.4 is 10.6 Å². The van der Waals surface area contributed by atoms with Crippen LogP contribution in [0.5, 0.6) is 5.75 Å². The normalized spacial score (nSPS) is 13.3. The Kier molecular flexibility index (Phi) is 12.6. The van der Waals surface area contributed by atoms with Gasteiger partial charge in [0.05, 0.1) is 0 Å². The largest absolute Gasteiger partial charge is 0.508 e. The maximum Gasteiger partial charge on any atom is 0.408 e. The minimum Gasteiger partial charge on any atom is -0.508 e. The predicted molar refractivity (Wildman–Crippen MR) is 184 cm³/mol. The molecule has 0 fully saturated rings. The molecular weight excluding hydrogens is 578 g/mol. The average molecular weight is 628 g/mol. The zero-order valence-corrected chi connectivity index (χ0v) is 28.2. The molecular formula is C38H49N3O5. The Morgan fingerprint density at radius 2 is 1.63 bits per heavy atom. The van der Waals surface area contributed by atoms with Gasteiger partial charge in [-0.25, -0.2) is 4.79 Å². The summed E-state index contributed by atoms with van der Waals surface area (Å²) < 4.78 is 5.56. The van der Waals surface area contributed by atoms with Crippen LogP contribution in [0.4, 0.5) is 10.5 Å². The first-order valence-corrected chi connectivity index (χ1v) is 15.9. The molecule has 3 amide bonds. The van der Waals surface area contributed by atoms with Crippen molar-refractivity contribution in [1.29, 1.82) is 0 Å². The van der Waals surface area contributed by atoms with Crippen LogP contribution in [0.25, 0.3) is 6.08 Å². The predicted octanol–water partition coefficient (Wildman–Crippen LogP) is 7.81. The number of ether oxygens (including phenoxy) is 1. The van der Waals surface area contributed by atoms with Crippen LogP contribution in [-0.4, -0.2) is 45.6 Å². The third-order valence-corrected chi connectivity index (χ3v) is 7.65. The molecule has 3 aromatic carbocycles. The smallest absolute Gasteiger partial charge is 0.408 e. The van der Waals surface area contributed by atoms with E-state index < -0.39 is 29.7 Å². The third-order valence-electron chi connectivity index (χ3n) is 7.65. The Morgan fingerprint density at radius 1 is 0.957 bits per heavy atom. The van der Waals surface area contributed by atoms with Gasteiger partial charge in [0.2, 0.25) is 5.91 Å². The van der Waals surface area contributed by atoms with Gasteiger partial charge in [-0.15, -0.1) is 0 Å². The molecule has 3 atom stereocenters. The second kappa shape index (κ2) is 16.1. The highest BCUT2D eigenvalue weighted by Gasteiger charge is 2.39. The Labute approximate surface area is 273 Å². The van der Waals surface area contributed by atoms with E-state index in [0.717, 1.165) is 23.1 Å². The molecule has 8 nitrogen and oxygen atoms in total. The molecule has 3 unspecified atom stereocenters. The van der Waals surface area contributed by atoms with E-state index in [4.69, 9.17) is 4.74 Å². The van der Waals surface area contributed by atoms with E-state index in [9.17, 15) is 19.5 Å². The molecule has 0 aliphatic heterocycles. The van der Waals surface area contributed by atoms with Gasteiger partial charge in [-0.2, -0.15) is 0 Å². The van der Waals surface area contributed by atoms with Gasteiger partial charge in [0.15, 0.2) is 0 Å². The maximum atomic E-state index is 14.9. The second-order valence-electron chi connectivity index (χ2n) is 13.2. The highest BCUT2D eigenvalue weighted by atomic mass is 16.6. The van der Waals surface area contributed by atoms with Crippen molar-refractivity contribution in [3.05, 3.63) is 102 Å². The van der Waals surface area contributed by atoms with Crippen molar-refractivity contribution in [1.82, 2.24) is 10.2 Å². The van der Waals surface area contributed by atoms with Crippen molar-refractivity contribution < 1.29 is 24.2 Å². The zero-order valence-electron chi connectivity index (χ0n) is 28.2. The SMILES string of the molecule is C=Cc1cccc(C(C(=O)Nc2ccccc2C)N(C(=O)C(Cc2ccc(O)cc2)NC(=O)OC(C)(C)C)C(C)CCC(C)C)c1. The van der Waals surface area contributed by atoms with Crippen molar-refractivity contribution in [2.24, 2.45) is 5.92 Å². The molecule has 0 aliphatic rings. The van der Waals surface area contributed by atoms with Gasteiger partial charge in [-0.1, -0.05) is 75.0 Å². The van der Waals surface area contributed by atoms with Crippen LogP contribution in [0.2, 0.25) is 0 Å². The van der Waals surface area contributed by atoms with Crippen LogP contribution in [-0.2, 0) is 20.7 Å². The molecule has 0 bridgehead atoms. The summed E-state index contributed by atoms with van der Waals surface area (Å²) in [5, 5.41) is 15.7. The van der Waals surface area contributed by atoms with Gasteiger partial charge in [0, 0.05) is 18.2 Å². The molecule has 0 saturated carbocycles. The van der Waals surface area contributed by atoms with Gasteiger partial charge < -0.3 is 25.4 Å². The van der Waals surface area contributed by atoms with Crippen molar-refractivity contribution in [3.8, 4) is 5.75 Å². The number of phenols is 1. The number of carbonyl (C=O) groups excluding carboxylic acids is 3. The Bertz CT molecular complexity index is 1490. The topological polar surface area (TPSA) is 108 Å². The van der Waals surface area contributed by atoms with E-state index in [2.05, 4.69) is 31.1 Å². The van der Waals surface area contributed by atoms with Crippen molar-refractivity contribution in [3.63, 3.8) is 0 Å². The number of anilines is 1. The number of nitrogens with zero attached hydrogens (tertiary/aromatic N) is 1. The van der Waals surface area contributed by atoms with Crippen LogP contribution >= 0.6 is 0 Å². The summed E-state index contributed by atoms with van der Waals surface area (Å²) in [5.41, 5.74) is 2.89. The Balaban J connectivity index is 2.17. The molecule has 0 saturated heterocycles. The molecule has 3 rings (SSSR count). The number of aromatic hydroxyl groups is 1. The fraction of sp³-hybridized carbons (Fsp3) is 0.395. The molecule has 0 radical (unpaired) electrons. The highest BCUT2D eigenvalue weighted by Crippen LogP contribution is 2.30. The molecule has 3 N–H and O–H groups in total. The molecule has 0 spiro atoms. The number of rotatable bonds is 13. The van der Waals surface area contributed by atoms with Crippen molar-refractivity contribution >= 4 is 29.7 Å². The Morgan fingerprint density at radius 3 is 2.24 bits per heavy atom. The average Bonchev–Trinajstić information content (AvgIpc) is 2.99. The monoisotopic (exact) mass is 627 g/mol. The summed E-state index contributed by atoms with van der Waals surface area (Å²) in [4.78, 5) is 44.1. The molecule has 3 aromatic rings. The summed E-state index contributed by atoms with van der Waals surface area (Å²) in [5.74, 6) is -0.342. The lowest BCUT2D eigenvalue weighted by Crippen LogP contribution is -2.55. The minimum absolute atomic E-state index is 0.0886. The number of aryl methyl sites for hydroxylation is 1. The summed E-state index contributed by atoms with van der Waals surface area (Å²) >= 11 is 0. The summed E-state index contributed by atoms with van der Waals surface area (Å²) in [6.07, 6.45) is 2.54. The third kappa shape index (κ3) is 10.5. The van der Waals surface area contributed by atoms with Crippen LogP contribution in [0.15, 0.2) is 79.4 Å². The van der Waals surface area contributed by atoms with E-state index >= 15 is 0 Å². The van der Waals surface area contributed by atoms with E-state index in [1.54, 1.807) is 43.9 Å². The quantitative estimate of drug-likeness (QED) is 0.179. The highest BCUT2D eigenvalue weighted by molar-refractivity contribution is 5.99. The number of phenolic OH excluding ortho intramolecular Hbond substituents is 1. The first-order chi connectivity index (χ1) is 21.7. The lowest BCUT2D eigenvalue weighted by Gasteiger charge is -2.39. The first kappa shape index (κ1) is 35.9. The van der Waals surface area contributed by atoms with Gasteiger partial charge in [-0.05, 0) is 99.9 Å². The summed E-state index contributed by atoms with van der Waals surface area (Å²) in [6.45, 7) is 17.2. The molecule has 0 aromatic heterocycles. The molecule has 0 heterocycles. The number of para-hydroxylation sites is 1. The fourth-order valence-corrected chi connectivity index (χ4v) is 5.22. The van der Waals surface area contributed by atoms with E-state index in [0.29, 0.717) is 23.6 Å². The zero-order chi connectivity index (χ0) is 34.0. The van der Waals surface area contributed by atoms with Crippen LogP contribution in [0.3, 0.4) is 0 Å². The van der Waals surface area contributed by atoms with Crippen LogP contribution in [0.1, 0.15) is 82.7 Å². The van der Waals surface area contributed by atoms with Crippen molar-refractivity contribution in [2.75, 3.05) is 5.32 Å². The number of carbonyl (C=O) groups is 3. The maximum absolute atomic E-state index is 14.9. The molecule has 246 valence electrons. The van der Waals surface area contributed by atoms with Gasteiger partial charge in [0.25, 0.3) is 5.91 Å². The number of hydrogen-bond donors (Lipinski definition) is 3. The lowest BCUT2D eigenvalue weighted by atomic mass is 9.95. The molecule has 8 heteroatoms. The number of alkyl carbamates (subject to hydrolysis) is 1. The number of hydrogen-bond acceptors (Lipinski definition) is 5. The van der Waals surface area contributed by atoms with Crippen molar-refractivity contribution in [2.45, 2.75) is 91.5 Å². The van der Waals surface area contributed by atoms with Gasteiger partial charge >= 0.3 is 6.09 Å². The Hall–Kier alpha value is -4.59. The summed E-state index contributed by atoms with van der Waals surface area (Å²) in [7, 11) is 0. The first-order valence-electron chi connectivity index (χ1n) is 15.9. The van der Waals surface area contributed by atoms with Crippen LogP contribution in [0, 0.1) is 12.8 Å². The summed E-state index contributed by atoms with van der Waals surface area (Å²) in [6, 6.07) is 18.9. The molecule has 46 heavy (non-hydrogen) atoms. The molecule has 0 aliphatic carbocycles. The number of benzene rings is 3.